The number of hydrogen-bond acceptors (Lipinski definition) is 5. The summed E-state index contributed by atoms with van der Waals surface area (Å²) in [6, 6.07) is 5.99. The Kier molecular flexibility index (Phi) is 6.16. The zero-order valence-electron chi connectivity index (χ0n) is 16.6. The van der Waals surface area contributed by atoms with Crippen LogP contribution in [0.3, 0.4) is 0 Å². The molecule has 1 atom stereocenters. The van der Waals surface area contributed by atoms with Gasteiger partial charge in [-0.1, -0.05) is 30.7 Å². The van der Waals surface area contributed by atoms with E-state index in [4.69, 9.17) is 11.6 Å². The van der Waals surface area contributed by atoms with Gasteiger partial charge in [-0.05, 0) is 31.5 Å². The topological polar surface area (TPSA) is 108 Å². The van der Waals surface area contributed by atoms with Crippen molar-refractivity contribution in [3.05, 3.63) is 68.4 Å². The lowest BCUT2D eigenvalue weighted by Gasteiger charge is -2.12. The first-order valence-corrected chi connectivity index (χ1v) is 9.50. The highest BCUT2D eigenvalue weighted by Crippen LogP contribution is 2.24. The molecule has 1 aromatic carbocycles. The Balaban J connectivity index is 1.67. The van der Waals surface area contributed by atoms with Crippen LogP contribution < -0.4 is 5.32 Å². The van der Waals surface area contributed by atoms with Crippen LogP contribution in [0.25, 0.3) is 0 Å². The molecule has 0 bridgehead atoms. The maximum atomic E-state index is 13.0. The van der Waals surface area contributed by atoms with E-state index in [0.29, 0.717) is 17.9 Å². The largest absolute Gasteiger partial charge is 0.312 e. The van der Waals surface area contributed by atoms with E-state index in [1.807, 2.05) is 0 Å². The summed E-state index contributed by atoms with van der Waals surface area (Å²) < 4.78 is 16.0. The standard InChI is InChI=1S/C19H20ClFN6O3/c1-11(8-26-13(3)17(27(29)30)12(2)23-26)19(28)22-18-16(20)10-25(24-18)9-14-4-6-15(21)7-5-14/h4-7,10-11H,8-9H2,1-3H3,(H,22,24,28). The van der Waals surface area contributed by atoms with Crippen LogP contribution in [0.15, 0.2) is 30.5 Å². The van der Waals surface area contributed by atoms with Crippen LogP contribution in [-0.4, -0.2) is 30.4 Å². The maximum absolute atomic E-state index is 13.0. The first-order valence-electron chi connectivity index (χ1n) is 9.12. The van der Waals surface area contributed by atoms with Gasteiger partial charge < -0.3 is 5.32 Å². The van der Waals surface area contributed by atoms with Gasteiger partial charge in [-0.3, -0.25) is 24.3 Å². The van der Waals surface area contributed by atoms with E-state index in [9.17, 15) is 19.3 Å². The monoisotopic (exact) mass is 434 g/mol. The Hall–Kier alpha value is -3.27. The fraction of sp³-hybridized carbons (Fsp3) is 0.316. The third kappa shape index (κ3) is 4.65. The molecule has 158 valence electrons. The van der Waals surface area contributed by atoms with Crippen molar-refractivity contribution in [3.8, 4) is 0 Å². The molecule has 0 saturated carbocycles. The van der Waals surface area contributed by atoms with Crippen molar-refractivity contribution in [1.29, 1.82) is 0 Å². The second-order valence-corrected chi connectivity index (χ2v) is 7.41. The van der Waals surface area contributed by atoms with Gasteiger partial charge in [-0.2, -0.15) is 10.2 Å². The molecule has 0 radical (unpaired) electrons. The molecule has 2 aromatic heterocycles. The van der Waals surface area contributed by atoms with Crippen molar-refractivity contribution < 1.29 is 14.1 Å². The average molecular weight is 435 g/mol. The van der Waals surface area contributed by atoms with Crippen LogP contribution in [-0.2, 0) is 17.9 Å². The number of aromatic nitrogens is 4. The van der Waals surface area contributed by atoms with Gasteiger partial charge in [0.05, 0.1) is 23.9 Å². The third-order valence-corrected chi connectivity index (χ3v) is 4.91. The van der Waals surface area contributed by atoms with Crippen molar-refractivity contribution >= 4 is 29.0 Å². The van der Waals surface area contributed by atoms with Crippen molar-refractivity contribution in [2.24, 2.45) is 5.92 Å². The van der Waals surface area contributed by atoms with Crippen molar-refractivity contribution in [3.63, 3.8) is 0 Å². The Morgan fingerprint density at radius 2 is 1.97 bits per heavy atom. The zero-order chi connectivity index (χ0) is 22.0. The number of halogens is 2. The summed E-state index contributed by atoms with van der Waals surface area (Å²) in [7, 11) is 0. The number of benzene rings is 1. The van der Waals surface area contributed by atoms with Gasteiger partial charge in [-0.15, -0.1) is 0 Å². The van der Waals surface area contributed by atoms with E-state index in [1.165, 1.54) is 16.8 Å². The highest BCUT2D eigenvalue weighted by Gasteiger charge is 2.24. The number of aryl methyl sites for hydroxylation is 1. The number of nitrogens with zero attached hydrogens (tertiary/aromatic N) is 5. The van der Waals surface area contributed by atoms with E-state index >= 15 is 0 Å². The lowest BCUT2D eigenvalue weighted by atomic mass is 10.1. The first kappa shape index (κ1) is 21.4. The Labute approximate surface area is 176 Å². The predicted octanol–water partition coefficient (Wildman–Crippen LogP) is 3.72. The summed E-state index contributed by atoms with van der Waals surface area (Å²) in [4.78, 5) is 23.2. The molecule has 0 aliphatic carbocycles. The molecule has 3 aromatic rings. The molecule has 0 aliphatic heterocycles. The summed E-state index contributed by atoms with van der Waals surface area (Å²) in [5, 5.41) is 22.5. The zero-order valence-corrected chi connectivity index (χ0v) is 17.4. The van der Waals surface area contributed by atoms with Crippen molar-refractivity contribution in [2.45, 2.75) is 33.9 Å². The van der Waals surface area contributed by atoms with Gasteiger partial charge in [0.2, 0.25) is 5.91 Å². The molecule has 0 saturated heterocycles. The number of anilines is 1. The predicted molar refractivity (Wildman–Crippen MR) is 109 cm³/mol. The maximum Gasteiger partial charge on any atom is 0.312 e. The van der Waals surface area contributed by atoms with E-state index in [2.05, 4.69) is 15.5 Å². The van der Waals surface area contributed by atoms with Crippen LogP contribution in [0.5, 0.6) is 0 Å². The van der Waals surface area contributed by atoms with Gasteiger partial charge in [-0.25, -0.2) is 4.39 Å². The number of rotatable bonds is 7. The van der Waals surface area contributed by atoms with Crippen molar-refractivity contribution in [2.75, 3.05) is 5.32 Å². The highest BCUT2D eigenvalue weighted by atomic mass is 35.5. The molecular formula is C19H20ClFN6O3. The Bertz CT molecular complexity index is 1090. The molecule has 0 aliphatic rings. The minimum atomic E-state index is -0.541. The smallest absolute Gasteiger partial charge is 0.308 e. The minimum Gasteiger partial charge on any atom is -0.308 e. The lowest BCUT2D eigenvalue weighted by molar-refractivity contribution is -0.386. The summed E-state index contributed by atoms with van der Waals surface area (Å²) >= 11 is 6.18. The molecule has 1 N–H and O–H groups in total. The van der Waals surface area contributed by atoms with Gasteiger partial charge in [0.1, 0.15) is 22.2 Å². The lowest BCUT2D eigenvalue weighted by Crippen LogP contribution is -2.25. The summed E-state index contributed by atoms with van der Waals surface area (Å²) in [5.41, 5.74) is 1.46. The molecular weight excluding hydrogens is 415 g/mol. The molecule has 1 unspecified atom stereocenters. The van der Waals surface area contributed by atoms with Crippen LogP contribution in [0, 0.1) is 35.7 Å². The van der Waals surface area contributed by atoms with Crippen LogP contribution in [0.4, 0.5) is 15.9 Å². The van der Waals surface area contributed by atoms with Gasteiger partial charge in [0, 0.05) is 6.20 Å². The second kappa shape index (κ2) is 8.62. The normalized spacial score (nSPS) is 12.0. The third-order valence-electron chi connectivity index (χ3n) is 4.64. The van der Waals surface area contributed by atoms with E-state index in [1.54, 1.807) is 43.8 Å². The summed E-state index contributed by atoms with van der Waals surface area (Å²) in [5.74, 6) is -1.01. The van der Waals surface area contributed by atoms with E-state index in [0.717, 1.165) is 5.56 Å². The SMILES string of the molecule is Cc1nn(CC(C)C(=O)Nc2nn(Cc3ccc(F)cc3)cc2Cl)c(C)c1[N+](=O)[O-]. The molecule has 9 nitrogen and oxygen atoms in total. The van der Waals surface area contributed by atoms with Gasteiger partial charge in [0.25, 0.3) is 0 Å². The van der Waals surface area contributed by atoms with Crippen LogP contribution in [0.2, 0.25) is 5.02 Å². The van der Waals surface area contributed by atoms with E-state index in [-0.39, 0.29) is 34.8 Å². The number of nitro groups is 1. The fourth-order valence-electron chi connectivity index (χ4n) is 3.05. The quantitative estimate of drug-likeness (QED) is 0.450. The number of carbonyl (C=O) groups excluding carboxylic acids is 1. The molecule has 11 heteroatoms. The van der Waals surface area contributed by atoms with Gasteiger partial charge >= 0.3 is 5.69 Å². The van der Waals surface area contributed by atoms with E-state index < -0.39 is 10.8 Å². The minimum absolute atomic E-state index is 0.0508. The Morgan fingerprint density at radius 3 is 2.57 bits per heavy atom. The Morgan fingerprint density at radius 1 is 1.30 bits per heavy atom. The molecule has 2 heterocycles. The molecule has 0 spiro atoms. The molecule has 3 rings (SSSR count). The number of amides is 1. The van der Waals surface area contributed by atoms with Crippen LogP contribution in [0.1, 0.15) is 23.9 Å². The number of nitrogens with one attached hydrogen (secondary N) is 1. The number of carbonyl (C=O) groups is 1. The average Bonchev–Trinajstić information content (AvgIpc) is 3.15. The molecule has 1 amide bonds. The van der Waals surface area contributed by atoms with Gasteiger partial charge in [0.15, 0.2) is 5.82 Å². The molecule has 0 fully saturated rings. The molecule has 30 heavy (non-hydrogen) atoms. The number of hydrogen-bond donors (Lipinski definition) is 1. The van der Waals surface area contributed by atoms with Crippen molar-refractivity contribution in [1.82, 2.24) is 19.6 Å². The second-order valence-electron chi connectivity index (χ2n) is 7.00. The first-order chi connectivity index (χ1) is 14.2. The summed E-state index contributed by atoms with van der Waals surface area (Å²) in [6.07, 6.45) is 1.57. The fourth-order valence-corrected chi connectivity index (χ4v) is 3.25. The summed E-state index contributed by atoms with van der Waals surface area (Å²) in [6.45, 7) is 5.36. The highest BCUT2D eigenvalue weighted by molar-refractivity contribution is 6.33. The van der Waals surface area contributed by atoms with Crippen LogP contribution >= 0.6 is 11.6 Å².